The Kier molecular flexibility index (Phi) is 6.20. The number of rotatable bonds is 5. The number of thioether (sulfide) groups is 1. The van der Waals surface area contributed by atoms with Gasteiger partial charge in [-0.25, -0.2) is 0 Å². The SMILES string of the molecule is CCN1C(=O)C(Br)CC=C1c1ccc(OCSC)cc1Br. The van der Waals surface area contributed by atoms with Crippen molar-refractivity contribution in [3.63, 3.8) is 0 Å². The van der Waals surface area contributed by atoms with Gasteiger partial charge in [0.25, 0.3) is 0 Å². The molecule has 21 heavy (non-hydrogen) atoms. The summed E-state index contributed by atoms with van der Waals surface area (Å²) in [7, 11) is 0. The summed E-state index contributed by atoms with van der Waals surface area (Å²) in [5.74, 6) is 1.56. The van der Waals surface area contributed by atoms with Gasteiger partial charge >= 0.3 is 0 Å². The Morgan fingerprint density at radius 2 is 2.24 bits per heavy atom. The number of hydrogen-bond acceptors (Lipinski definition) is 3. The molecule has 1 aromatic rings. The highest BCUT2D eigenvalue weighted by Gasteiger charge is 2.28. The second-order valence-electron chi connectivity index (χ2n) is 4.57. The van der Waals surface area contributed by atoms with E-state index < -0.39 is 0 Å². The smallest absolute Gasteiger partial charge is 0.241 e. The molecule has 3 nitrogen and oxygen atoms in total. The number of alkyl halides is 1. The van der Waals surface area contributed by atoms with Crippen LogP contribution in [0.2, 0.25) is 0 Å². The Bertz CT molecular complexity index is 563. The fourth-order valence-electron chi connectivity index (χ4n) is 2.22. The van der Waals surface area contributed by atoms with Crippen LogP contribution in [0, 0.1) is 0 Å². The van der Waals surface area contributed by atoms with Gasteiger partial charge < -0.3 is 9.64 Å². The lowest BCUT2D eigenvalue weighted by molar-refractivity contribution is -0.127. The molecule has 6 heteroatoms. The van der Waals surface area contributed by atoms with Crippen molar-refractivity contribution in [3.8, 4) is 5.75 Å². The molecule has 1 aliphatic rings. The second-order valence-corrected chi connectivity index (χ2v) is 7.34. The van der Waals surface area contributed by atoms with Crippen molar-refractivity contribution in [3.05, 3.63) is 34.3 Å². The van der Waals surface area contributed by atoms with Crippen molar-refractivity contribution in [2.45, 2.75) is 18.2 Å². The summed E-state index contributed by atoms with van der Waals surface area (Å²) < 4.78 is 6.53. The average Bonchev–Trinajstić information content (AvgIpc) is 2.48. The highest BCUT2D eigenvalue weighted by atomic mass is 79.9. The van der Waals surface area contributed by atoms with Crippen LogP contribution in [0.15, 0.2) is 28.7 Å². The molecule has 0 radical (unpaired) electrons. The number of nitrogens with zero attached hydrogens (tertiary/aromatic N) is 1. The zero-order chi connectivity index (χ0) is 15.4. The first-order valence-electron chi connectivity index (χ1n) is 6.65. The van der Waals surface area contributed by atoms with Crippen molar-refractivity contribution in [1.82, 2.24) is 4.90 Å². The molecule has 1 aliphatic heterocycles. The van der Waals surface area contributed by atoms with Gasteiger partial charge in [0.2, 0.25) is 5.91 Å². The van der Waals surface area contributed by atoms with Gasteiger partial charge in [0.15, 0.2) is 0 Å². The summed E-state index contributed by atoms with van der Waals surface area (Å²) in [5, 5.41) is 0. The lowest BCUT2D eigenvalue weighted by Crippen LogP contribution is -2.38. The van der Waals surface area contributed by atoms with Gasteiger partial charge in [-0.1, -0.05) is 22.0 Å². The van der Waals surface area contributed by atoms with Gasteiger partial charge in [-0.05, 0) is 53.7 Å². The van der Waals surface area contributed by atoms with Gasteiger partial charge in [0.1, 0.15) is 11.7 Å². The molecule has 0 spiro atoms. The minimum atomic E-state index is -0.121. The number of carbonyl (C=O) groups excluding carboxylic acids is 1. The predicted octanol–water partition coefficient (Wildman–Crippen LogP) is 4.51. The maximum absolute atomic E-state index is 12.3. The first kappa shape index (κ1) is 16.9. The van der Waals surface area contributed by atoms with E-state index in [9.17, 15) is 4.79 Å². The maximum atomic E-state index is 12.3. The molecule has 1 aromatic carbocycles. The molecule has 0 saturated heterocycles. The highest BCUT2D eigenvalue weighted by molar-refractivity contribution is 9.10. The molecule has 0 bridgehead atoms. The number of benzene rings is 1. The molecule has 0 aromatic heterocycles. The third kappa shape index (κ3) is 3.85. The number of carbonyl (C=O) groups is 1. The number of ether oxygens (including phenoxy) is 1. The van der Waals surface area contributed by atoms with Crippen LogP contribution in [0.5, 0.6) is 5.75 Å². The van der Waals surface area contributed by atoms with Gasteiger partial charge in [-0.3, -0.25) is 4.79 Å². The third-order valence-electron chi connectivity index (χ3n) is 3.22. The average molecular weight is 435 g/mol. The second kappa shape index (κ2) is 7.70. The molecule has 1 heterocycles. The van der Waals surface area contributed by atoms with E-state index in [1.54, 1.807) is 11.8 Å². The number of hydrogen-bond donors (Lipinski definition) is 0. The molecule has 0 aliphatic carbocycles. The lowest BCUT2D eigenvalue weighted by Gasteiger charge is -2.31. The van der Waals surface area contributed by atoms with Crippen LogP contribution >= 0.6 is 43.6 Å². The summed E-state index contributed by atoms with van der Waals surface area (Å²) >= 11 is 8.64. The minimum Gasteiger partial charge on any atom is -0.483 e. The molecule has 1 unspecified atom stereocenters. The molecule has 0 N–H and O–H groups in total. The van der Waals surface area contributed by atoms with Crippen LogP contribution in [0.1, 0.15) is 18.9 Å². The highest BCUT2D eigenvalue weighted by Crippen LogP contribution is 2.34. The Morgan fingerprint density at radius 3 is 2.86 bits per heavy atom. The first-order chi connectivity index (χ1) is 10.1. The van der Waals surface area contributed by atoms with E-state index in [-0.39, 0.29) is 10.7 Å². The normalized spacial score (nSPS) is 18.7. The van der Waals surface area contributed by atoms with Gasteiger partial charge in [-0.2, -0.15) is 0 Å². The number of allylic oxidation sites excluding steroid dienone is 1. The van der Waals surface area contributed by atoms with Crippen LogP contribution in [0.4, 0.5) is 0 Å². The number of amides is 1. The monoisotopic (exact) mass is 433 g/mol. The zero-order valence-corrected chi connectivity index (χ0v) is 15.9. The van der Waals surface area contributed by atoms with Gasteiger partial charge in [-0.15, -0.1) is 11.8 Å². The zero-order valence-electron chi connectivity index (χ0n) is 11.9. The standard InChI is InChI=1S/C15H17Br2NO2S/c1-3-18-14(7-6-12(16)15(18)19)11-5-4-10(8-13(11)17)20-9-21-2/h4-5,7-8,12H,3,6,9H2,1-2H3. The minimum absolute atomic E-state index is 0.115. The van der Waals surface area contributed by atoms with Crippen LogP contribution < -0.4 is 4.74 Å². The molecule has 1 amide bonds. The topological polar surface area (TPSA) is 29.5 Å². The lowest BCUT2D eigenvalue weighted by atomic mass is 10.0. The summed E-state index contributed by atoms with van der Waals surface area (Å²) in [6.45, 7) is 2.64. The van der Waals surface area contributed by atoms with Crippen LogP contribution in [0.25, 0.3) is 5.70 Å². The van der Waals surface area contributed by atoms with E-state index in [1.165, 1.54) is 0 Å². The summed E-state index contributed by atoms with van der Waals surface area (Å²) in [5.41, 5.74) is 1.97. The first-order valence-corrected chi connectivity index (χ1v) is 9.76. The van der Waals surface area contributed by atoms with Crippen molar-refractivity contribution in [1.29, 1.82) is 0 Å². The Balaban J connectivity index is 2.30. The van der Waals surface area contributed by atoms with Gasteiger partial charge in [0, 0.05) is 22.3 Å². The van der Waals surface area contributed by atoms with Crippen molar-refractivity contribution < 1.29 is 9.53 Å². The van der Waals surface area contributed by atoms with Crippen molar-refractivity contribution >= 4 is 55.2 Å². The van der Waals surface area contributed by atoms with Gasteiger partial charge in [0.05, 0.1) is 4.83 Å². The van der Waals surface area contributed by atoms with Crippen LogP contribution in [0.3, 0.4) is 0 Å². The largest absolute Gasteiger partial charge is 0.483 e. The maximum Gasteiger partial charge on any atom is 0.241 e. The van der Waals surface area contributed by atoms with E-state index in [0.29, 0.717) is 18.9 Å². The van der Waals surface area contributed by atoms with Crippen LogP contribution in [-0.4, -0.2) is 34.4 Å². The summed E-state index contributed by atoms with van der Waals surface area (Å²) in [6.07, 6.45) is 4.81. The van der Waals surface area contributed by atoms with Crippen molar-refractivity contribution in [2.75, 3.05) is 18.7 Å². The van der Waals surface area contributed by atoms with E-state index >= 15 is 0 Å². The quantitative estimate of drug-likeness (QED) is 0.504. The van der Waals surface area contributed by atoms with E-state index in [2.05, 4.69) is 37.9 Å². The Labute approximate surface area is 146 Å². The molecule has 0 fully saturated rings. The van der Waals surface area contributed by atoms with E-state index in [1.807, 2.05) is 36.3 Å². The summed E-state index contributed by atoms with van der Waals surface area (Å²) in [4.78, 5) is 13.9. The third-order valence-corrected chi connectivity index (χ3v) is 4.99. The summed E-state index contributed by atoms with van der Waals surface area (Å²) in [6, 6.07) is 5.89. The fraction of sp³-hybridized carbons (Fsp3) is 0.400. The van der Waals surface area contributed by atoms with E-state index in [4.69, 9.17) is 4.74 Å². The van der Waals surface area contributed by atoms with Crippen molar-refractivity contribution in [2.24, 2.45) is 0 Å². The van der Waals surface area contributed by atoms with E-state index in [0.717, 1.165) is 21.5 Å². The predicted molar refractivity (Wildman–Crippen MR) is 95.8 cm³/mol. The Hall–Kier alpha value is -0.460. The fourth-order valence-corrected chi connectivity index (χ4v) is 3.46. The molecule has 1 atom stereocenters. The molecule has 2 rings (SSSR count). The number of halogens is 2. The van der Waals surface area contributed by atoms with Crippen LogP contribution in [-0.2, 0) is 4.79 Å². The molecule has 0 saturated carbocycles. The Morgan fingerprint density at radius 1 is 1.48 bits per heavy atom. The molecular formula is C15H17Br2NO2S. The molecule has 114 valence electrons. The molecular weight excluding hydrogens is 418 g/mol.